The van der Waals surface area contributed by atoms with E-state index in [4.69, 9.17) is 9.47 Å². The van der Waals surface area contributed by atoms with Gasteiger partial charge in [-0.05, 0) is 58.2 Å². The lowest BCUT2D eigenvalue weighted by Gasteiger charge is -2.15. The lowest BCUT2D eigenvalue weighted by Crippen LogP contribution is -2.31. The first kappa shape index (κ1) is 24.5. The fourth-order valence-corrected chi connectivity index (χ4v) is 4.48. The van der Waals surface area contributed by atoms with Crippen LogP contribution in [0.5, 0.6) is 11.5 Å². The van der Waals surface area contributed by atoms with E-state index in [-0.39, 0.29) is 11.8 Å². The van der Waals surface area contributed by atoms with Crippen molar-refractivity contribution in [3.05, 3.63) is 41.3 Å². The number of likely N-dealkylation sites (tertiary alicyclic amines) is 1. The average Bonchev–Trinajstić information content (AvgIpc) is 3.40. The smallest absolute Gasteiger partial charge is 0.254 e. The van der Waals surface area contributed by atoms with E-state index in [2.05, 4.69) is 15.4 Å². The fourth-order valence-electron chi connectivity index (χ4n) is 4.48. The van der Waals surface area contributed by atoms with Gasteiger partial charge in [-0.1, -0.05) is 6.07 Å². The number of nitrogens with zero attached hydrogens (tertiary/aromatic N) is 4. The summed E-state index contributed by atoms with van der Waals surface area (Å²) in [6.07, 6.45) is 3.88. The zero-order valence-corrected chi connectivity index (χ0v) is 20.9. The highest BCUT2D eigenvalue weighted by Gasteiger charge is 2.21. The average molecular weight is 480 g/mol. The van der Waals surface area contributed by atoms with Crippen molar-refractivity contribution in [2.75, 3.05) is 32.8 Å². The molecule has 186 valence electrons. The van der Waals surface area contributed by atoms with Gasteiger partial charge >= 0.3 is 0 Å². The number of carbonyl (C=O) groups is 2. The second kappa shape index (κ2) is 10.8. The Kier molecular flexibility index (Phi) is 7.53. The van der Waals surface area contributed by atoms with Crippen molar-refractivity contribution in [2.24, 2.45) is 0 Å². The SMILES string of the molecule is CCOc1ccc(-c2c(C)nn3c(C)c(C(=O)NCCCN4CCCC4=O)cnc23)cc1OCC. The Labute approximate surface area is 205 Å². The molecule has 1 aliphatic rings. The number of aromatic nitrogens is 3. The summed E-state index contributed by atoms with van der Waals surface area (Å²) in [5.74, 6) is 1.38. The summed E-state index contributed by atoms with van der Waals surface area (Å²) < 4.78 is 13.2. The summed E-state index contributed by atoms with van der Waals surface area (Å²) >= 11 is 0. The van der Waals surface area contributed by atoms with Crippen molar-refractivity contribution in [1.82, 2.24) is 24.8 Å². The Morgan fingerprint density at radius 2 is 1.91 bits per heavy atom. The molecular formula is C26H33N5O4. The largest absolute Gasteiger partial charge is 0.490 e. The molecule has 0 radical (unpaired) electrons. The van der Waals surface area contributed by atoms with Crippen molar-refractivity contribution >= 4 is 17.5 Å². The minimum absolute atomic E-state index is 0.195. The van der Waals surface area contributed by atoms with E-state index >= 15 is 0 Å². The van der Waals surface area contributed by atoms with Gasteiger partial charge in [0.1, 0.15) is 0 Å². The van der Waals surface area contributed by atoms with Crippen LogP contribution in [-0.4, -0.2) is 64.2 Å². The standard InChI is InChI=1S/C26H33N5O4/c1-5-34-21-11-10-19(15-22(21)35-6-2)24-17(3)29-31-18(4)20(16-28-25(24)31)26(33)27-12-8-14-30-13-7-9-23(30)32/h10-11,15-16H,5-9,12-14H2,1-4H3,(H,27,33). The van der Waals surface area contributed by atoms with Crippen molar-refractivity contribution in [3.63, 3.8) is 0 Å². The molecule has 35 heavy (non-hydrogen) atoms. The molecule has 0 unspecified atom stereocenters. The topological polar surface area (TPSA) is 98.1 Å². The molecule has 9 nitrogen and oxygen atoms in total. The Morgan fingerprint density at radius 1 is 1.14 bits per heavy atom. The summed E-state index contributed by atoms with van der Waals surface area (Å²) in [5.41, 5.74) is 4.48. The molecule has 1 aliphatic heterocycles. The molecule has 1 N–H and O–H groups in total. The number of rotatable bonds is 10. The first-order valence-electron chi connectivity index (χ1n) is 12.3. The number of ether oxygens (including phenoxy) is 2. The van der Waals surface area contributed by atoms with Crippen LogP contribution >= 0.6 is 0 Å². The van der Waals surface area contributed by atoms with Gasteiger partial charge in [0, 0.05) is 37.8 Å². The van der Waals surface area contributed by atoms with Gasteiger partial charge in [0.05, 0.1) is 30.2 Å². The molecule has 2 aromatic heterocycles. The molecule has 3 aromatic rings. The van der Waals surface area contributed by atoms with Crippen molar-refractivity contribution < 1.29 is 19.1 Å². The van der Waals surface area contributed by atoms with Crippen LogP contribution in [0.15, 0.2) is 24.4 Å². The number of aryl methyl sites for hydroxylation is 2. The molecule has 9 heteroatoms. The quantitative estimate of drug-likeness (QED) is 0.447. The van der Waals surface area contributed by atoms with E-state index < -0.39 is 0 Å². The van der Waals surface area contributed by atoms with Gasteiger partial charge in [-0.2, -0.15) is 5.10 Å². The van der Waals surface area contributed by atoms with Crippen LogP contribution in [0.25, 0.3) is 16.8 Å². The first-order chi connectivity index (χ1) is 16.9. The number of carbonyl (C=O) groups excluding carboxylic acids is 2. The molecule has 3 heterocycles. The van der Waals surface area contributed by atoms with E-state index in [0.29, 0.717) is 61.1 Å². The second-order valence-electron chi connectivity index (χ2n) is 8.57. The van der Waals surface area contributed by atoms with E-state index in [1.165, 1.54) is 0 Å². The number of nitrogens with one attached hydrogen (secondary N) is 1. The minimum atomic E-state index is -0.195. The van der Waals surface area contributed by atoms with Crippen LogP contribution in [0.2, 0.25) is 0 Å². The molecule has 2 amide bonds. The van der Waals surface area contributed by atoms with Crippen LogP contribution in [0, 0.1) is 13.8 Å². The zero-order chi connectivity index (χ0) is 24.9. The Balaban J connectivity index is 1.54. The van der Waals surface area contributed by atoms with E-state index in [1.54, 1.807) is 10.7 Å². The van der Waals surface area contributed by atoms with Crippen LogP contribution in [-0.2, 0) is 4.79 Å². The maximum Gasteiger partial charge on any atom is 0.254 e. The highest BCUT2D eigenvalue weighted by atomic mass is 16.5. The summed E-state index contributed by atoms with van der Waals surface area (Å²) in [6.45, 7) is 10.7. The van der Waals surface area contributed by atoms with Gasteiger partial charge in [-0.25, -0.2) is 9.50 Å². The monoisotopic (exact) mass is 479 g/mol. The molecule has 1 aromatic carbocycles. The highest BCUT2D eigenvalue weighted by Crippen LogP contribution is 2.36. The molecule has 0 aliphatic carbocycles. The summed E-state index contributed by atoms with van der Waals surface area (Å²) in [7, 11) is 0. The molecule has 0 spiro atoms. The lowest BCUT2D eigenvalue weighted by molar-refractivity contribution is -0.127. The molecular weight excluding hydrogens is 446 g/mol. The van der Waals surface area contributed by atoms with Gasteiger partial charge < -0.3 is 19.7 Å². The van der Waals surface area contributed by atoms with Gasteiger partial charge in [-0.15, -0.1) is 0 Å². The predicted octanol–water partition coefficient (Wildman–Crippen LogP) is 3.55. The van der Waals surface area contributed by atoms with Gasteiger partial charge in [0.15, 0.2) is 17.1 Å². The third-order valence-electron chi connectivity index (χ3n) is 6.20. The normalized spacial score (nSPS) is 13.5. The third-order valence-corrected chi connectivity index (χ3v) is 6.20. The Morgan fingerprint density at radius 3 is 2.63 bits per heavy atom. The van der Waals surface area contributed by atoms with Gasteiger partial charge in [0.2, 0.25) is 5.91 Å². The maximum absolute atomic E-state index is 12.8. The number of hydrogen-bond acceptors (Lipinski definition) is 6. The molecule has 1 saturated heterocycles. The molecule has 0 bridgehead atoms. The third kappa shape index (κ3) is 5.08. The van der Waals surface area contributed by atoms with Crippen molar-refractivity contribution in [3.8, 4) is 22.6 Å². The van der Waals surface area contributed by atoms with Crippen LogP contribution in [0.1, 0.15) is 54.9 Å². The highest BCUT2D eigenvalue weighted by molar-refractivity contribution is 5.95. The summed E-state index contributed by atoms with van der Waals surface area (Å²) in [4.78, 5) is 31.0. The Hall–Kier alpha value is -3.62. The van der Waals surface area contributed by atoms with E-state index in [1.807, 2.05) is 50.8 Å². The van der Waals surface area contributed by atoms with Gasteiger partial charge in [-0.3, -0.25) is 9.59 Å². The van der Waals surface area contributed by atoms with Crippen molar-refractivity contribution in [1.29, 1.82) is 0 Å². The lowest BCUT2D eigenvalue weighted by atomic mass is 10.1. The minimum Gasteiger partial charge on any atom is -0.490 e. The number of fused-ring (bicyclic) bond motifs is 1. The fraction of sp³-hybridized carbons (Fsp3) is 0.462. The van der Waals surface area contributed by atoms with Crippen molar-refractivity contribution in [2.45, 2.75) is 47.0 Å². The van der Waals surface area contributed by atoms with E-state index in [9.17, 15) is 9.59 Å². The first-order valence-corrected chi connectivity index (χ1v) is 12.3. The molecule has 0 atom stereocenters. The Bertz CT molecular complexity index is 1240. The maximum atomic E-state index is 12.8. The zero-order valence-electron chi connectivity index (χ0n) is 20.9. The molecule has 4 rings (SSSR count). The van der Waals surface area contributed by atoms with Crippen LogP contribution in [0.4, 0.5) is 0 Å². The summed E-state index contributed by atoms with van der Waals surface area (Å²) in [5, 5.41) is 7.63. The molecule has 1 fully saturated rings. The number of benzene rings is 1. The second-order valence-corrected chi connectivity index (χ2v) is 8.57. The molecule has 0 saturated carbocycles. The summed E-state index contributed by atoms with van der Waals surface area (Å²) in [6, 6.07) is 5.82. The van der Waals surface area contributed by atoms with Crippen LogP contribution in [0.3, 0.4) is 0 Å². The van der Waals surface area contributed by atoms with Gasteiger partial charge in [0.25, 0.3) is 5.91 Å². The number of hydrogen-bond donors (Lipinski definition) is 1. The van der Waals surface area contributed by atoms with E-state index in [0.717, 1.165) is 36.2 Å². The number of amides is 2. The predicted molar refractivity (Wildman–Crippen MR) is 133 cm³/mol. The van der Waals surface area contributed by atoms with Crippen LogP contribution < -0.4 is 14.8 Å².